The van der Waals surface area contributed by atoms with Crippen LogP contribution in [-0.4, -0.2) is 40.9 Å². The summed E-state index contributed by atoms with van der Waals surface area (Å²) < 4.78 is 12.9. The zero-order valence-corrected chi connectivity index (χ0v) is 13.5. The van der Waals surface area contributed by atoms with Crippen LogP contribution in [0.1, 0.15) is 18.4 Å². The summed E-state index contributed by atoms with van der Waals surface area (Å²) in [7, 11) is 0. The van der Waals surface area contributed by atoms with Crippen molar-refractivity contribution in [2.75, 3.05) is 18.2 Å². The number of carbonyl (C=O) groups excluding carboxylic acids is 2. The molecule has 23 heavy (non-hydrogen) atoms. The van der Waals surface area contributed by atoms with Crippen LogP contribution < -0.4 is 5.32 Å². The van der Waals surface area contributed by atoms with E-state index >= 15 is 0 Å². The third kappa shape index (κ3) is 4.34. The van der Waals surface area contributed by atoms with Crippen molar-refractivity contribution < 1.29 is 14.0 Å². The van der Waals surface area contributed by atoms with Gasteiger partial charge in [0.1, 0.15) is 11.9 Å². The quantitative estimate of drug-likeness (QED) is 0.841. The monoisotopic (exact) mass is 334 g/mol. The fourth-order valence-electron chi connectivity index (χ4n) is 2.40. The van der Waals surface area contributed by atoms with Crippen LogP contribution in [0.4, 0.5) is 4.39 Å². The lowest BCUT2D eigenvalue weighted by Crippen LogP contribution is -2.47. The Bertz CT molecular complexity index is 614. The fourth-order valence-corrected chi connectivity index (χ4v) is 3.56. The molecule has 1 aliphatic carbocycles. The van der Waals surface area contributed by atoms with Crippen LogP contribution in [0.5, 0.6) is 0 Å². The second-order valence-corrected chi connectivity index (χ2v) is 6.90. The Balaban J connectivity index is 1.58. The van der Waals surface area contributed by atoms with E-state index in [1.165, 1.54) is 31.1 Å². The van der Waals surface area contributed by atoms with Gasteiger partial charge in [0.05, 0.1) is 5.88 Å². The molecule has 4 nitrogen and oxygen atoms in total. The number of nitrogens with zero attached hydrogens (tertiary/aromatic N) is 1. The van der Waals surface area contributed by atoms with E-state index in [1.807, 2.05) is 0 Å². The summed E-state index contributed by atoms with van der Waals surface area (Å²) >= 11 is 1.58. The summed E-state index contributed by atoms with van der Waals surface area (Å²) in [4.78, 5) is 26.1. The summed E-state index contributed by atoms with van der Waals surface area (Å²) in [5, 5.41) is 2.94. The third-order valence-electron chi connectivity index (χ3n) is 4.02. The number of hydrogen-bond donors (Lipinski definition) is 1. The summed E-state index contributed by atoms with van der Waals surface area (Å²) in [6.07, 6.45) is 5.45. The maximum Gasteiger partial charge on any atom is 0.247 e. The summed E-state index contributed by atoms with van der Waals surface area (Å²) in [6, 6.07) is 5.52. The van der Waals surface area contributed by atoms with E-state index in [2.05, 4.69) is 5.32 Å². The Morgan fingerprint density at radius 3 is 2.74 bits per heavy atom. The summed E-state index contributed by atoms with van der Waals surface area (Å²) in [6.45, 7) is 0.716. The molecule has 122 valence electrons. The predicted molar refractivity (Wildman–Crippen MR) is 89.1 cm³/mol. The van der Waals surface area contributed by atoms with Crippen molar-refractivity contribution in [3.05, 3.63) is 41.7 Å². The molecule has 2 fully saturated rings. The normalized spacial score (nSPS) is 20.9. The van der Waals surface area contributed by atoms with Crippen LogP contribution >= 0.6 is 11.8 Å². The van der Waals surface area contributed by atoms with Crippen LogP contribution in [0.25, 0.3) is 6.08 Å². The Labute approximate surface area is 139 Å². The number of carbonyl (C=O) groups is 2. The molecule has 1 unspecified atom stereocenters. The van der Waals surface area contributed by atoms with E-state index < -0.39 is 6.04 Å². The van der Waals surface area contributed by atoms with E-state index in [1.54, 1.807) is 34.9 Å². The lowest BCUT2D eigenvalue weighted by Gasteiger charge is -2.21. The smallest absolute Gasteiger partial charge is 0.247 e. The van der Waals surface area contributed by atoms with E-state index in [-0.39, 0.29) is 17.6 Å². The lowest BCUT2D eigenvalue weighted by atomic mass is 10.2. The molecule has 0 bridgehead atoms. The first-order chi connectivity index (χ1) is 11.1. The zero-order valence-electron chi connectivity index (χ0n) is 12.7. The fraction of sp³-hybridized carbons (Fsp3) is 0.412. The first-order valence-corrected chi connectivity index (χ1v) is 8.88. The van der Waals surface area contributed by atoms with Gasteiger partial charge < -0.3 is 10.2 Å². The molecular weight excluding hydrogens is 315 g/mol. The molecule has 0 radical (unpaired) electrons. The van der Waals surface area contributed by atoms with Gasteiger partial charge in [0.25, 0.3) is 0 Å². The number of thioether (sulfide) groups is 1. The van der Waals surface area contributed by atoms with Gasteiger partial charge in [-0.1, -0.05) is 12.1 Å². The standard InChI is InChI=1S/C17H19FN2O2S/c18-14-6-3-12(4-7-14)5-8-16(21)20-11-23-10-15(20)17(22)19-9-13-1-2-13/h3-8,13,15H,1-2,9-11H2,(H,19,22). The Kier molecular flexibility index (Phi) is 5.00. The number of nitrogens with one attached hydrogen (secondary N) is 1. The molecule has 1 heterocycles. The maximum atomic E-state index is 12.9. The van der Waals surface area contributed by atoms with Crippen LogP contribution in [0.3, 0.4) is 0 Å². The highest BCUT2D eigenvalue weighted by atomic mass is 32.2. The Morgan fingerprint density at radius 2 is 2.04 bits per heavy atom. The number of halogens is 1. The van der Waals surface area contributed by atoms with Crippen LogP contribution in [0.2, 0.25) is 0 Å². The maximum absolute atomic E-state index is 12.9. The van der Waals surface area contributed by atoms with Crippen LogP contribution in [0.15, 0.2) is 30.3 Å². The van der Waals surface area contributed by atoms with Crippen LogP contribution in [0, 0.1) is 11.7 Å². The number of rotatable bonds is 5. The van der Waals surface area contributed by atoms with Gasteiger partial charge in [-0.25, -0.2) is 4.39 Å². The SMILES string of the molecule is O=C(NCC1CC1)C1CSCN1C(=O)C=Cc1ccc(F)cc1. The molecule has 1 aliphatic heterocycles. The first kappa shape index (κ1) is 16.1. The van der Waals surface area contributed by atoms with Gasteiger partial charge >= 0.3 is 0 Å². The van der Waals surface area contributed by atoms with E-state index in [0.717, 1.165) is 5.56 Å². The highest BCUT2D eigenvalue weighted by Crippen LogP contribution is 2.28. The van der Waals surface area contributed by atoms with Gasteiger partial charge in [-0.3, -0.25) is 9.59 Å². The molecule has 6 heteroatoms. The van der Waals surface area contributed by atoms with Crippen molar-refractivity contribution in [3.63, 3.8) is 0 Å². The molecular formula is C17H19FN2O2S. The summed E-state index contributed by atoms with van der Waals surface area (Å²) in [5.74, 6) is 1.21. The topological polar surface area (TPSA) is 49.4 Å². The van der Waals surface area contributed by atoms with Crippen molar-refractivity contribution in [1.82, 2.24) is 10.2 Å². The summed E-state index contributed by atoms with van der Waals surface area (Å²) in [5.41, 5.74) is 0.751. The van der Waals surface area contributed by atoms with Gasteiger partial charge in [0.2, 0.25) is 11.8 Å². The van der Waals surface area contributed by atoms with Gasteiger partial charge in [0, 0.05) is 18.4 Å². The molecule has 2 aliphatic rings. The van der Waals surface area contributed by atoms with Crippen molar-refractivity contribution >= 4 is 29.7 Å². The van der Waals surface area contributed by atoms with E-state index in [0.29, 0.717) is 24.1 Å². The zero-order chi connectivity index (χ0) is 16.2. The molecule has 1 saturated heterocycles. The van der Waals surface area contributed by atoms with E-state index in [9.17, 15) is 14.0 Å². The van der Waals surface area contributed by atoms with E-state index in [4.69, 9.17) is 0 Å². The second kappa shape index (κ2) is 7.17. The average Bonchev–Trinajstić information content (AvgIpc) is 3.25. The molecule has 0 spiro atoms. The molecule has 1 N–H and O–H groups in total. The lowest BCUT2D eigenvalue weighted by molar-refractivity contribution is -0.134. The van der Waals surface area contributed by atoms with Gasteiger partial charge in [0.15, 0.2) is 0 Å². The average molecular weight is 334 g/mol. The van der Waals surface area contributed by atoms with Crippen molar-refractivity contribution in [2.45, 2.75) is 18.9 Å². The van der Waals surface area contributed by atoms with Crippen molar-refractivity contribution in [3.8, 4) is 0 Å². The van der Waals surface area contributed by atoms with Gasteiger partial charge in [-0.15, -0.1) is 11.8 Å². The number of hydrogen-bond acceptors (Lipinski definition) is 3. The third-order valence-corrected chi connectivity index (χ3v) is 5.03. The van der Waals surface area contributed by atoms with Gasteiger partial charge in [-0.05, 0) is 42.5 Å². The Morgan fingerprint density at radius 1 is 1.30 bits per heavy atom. The molecule has 2 amide bonds. The molecule has 1 saturated carbocycles. The van der Waals surface area contributed by atoms with Crippen LogP contribution in [-0.2, 0) is 9.59 Å². The second-order valence-electron chi connectivity index (χ2n) is 5.90. The predicted octanol–water partition coefficient (Wildman–Crippen LogP) is 2.27. The first-order valence-electron chi connectivity index (χ1n) is 7.73. The number of amides is 2. The van der Waals surface area contributed by atoms with Crippen molar-refractivity contribution in [1.29, 1.82) is 0 Å². The molecule has 0 aromatic heterocycles. The van der Waals surface area contributed by atoms with Crippen molar-refractivity contribution in [2.24, 2.45) is 5.92 Å². The largest absolute Gasteiger partial charge is 0.354 e. The highest BCUT2D eigenvalue weighted by molar-refractivity contribution is 7.99. The molecule has 1 aromatic carbocycles. The molecule has 3 rings (SSSR count). The number of benzene rings is 1. The molecule has 1 aromatic rings. The molecule has 1 atom stereocenters. The van der Waals surface area contributed by atoms with Gasteiger partial charge in [-0.2, -0.15) is 0 Å². The highest BCUT2D eigenvalue weighted by Gasteiger charge is 2.34. The Hall–Kier alpha value is -1.82. The minimum Gasteiger partial charge on any atom is -0.354 e. The minimum atomic E-state index is -0.399. The minimum absolute atomic E-state index is 0.0644.